The zero-order chi connectivity index (χ0) is 32.9. The van der Waals surface area contributed by atoms with Crippen LogP contribution in [0.3, 0.4) is 0 Å². The van der Waals surface area contributed by atoms with Crippen molar-refractivity contribution < 1.29 is 67.3 Å². The number of ether oxygens (including phenoxy) is 1. The van der Waals surface area contributed by atoms with Gasteiger partial charge in [0.2, 0.25) is 9.84 Å². The molecule has 230 valence electrons. The molecule has 0 saturated carbocycles. The van der Waals surface area contributed by atoms with Crippen molar-refractivity contribution in [2.45, 2.75) is 16.4 Å². The molecule has 0 heterocycles. The number of carboxylic acids is 4. The molecule has 0 amide bonds. The number of benzene rings is 4. The number of hydrogen-bond donors (Lipinski definition) is 4. The molecule has 4 rings (SSSR count). The first-order chi connectivity index (χ1) is 21.3. The van der Waals surface area contributed by atoms with Gasteiger partial charge < -0.3 is 30.1 Å². The van der Waals surface area contributed by atoms with Gasteiger partial charge in [-0.3, -0.25) is 0 Å². The summed E-state index contributed by atoms with van der Waals surface area (Å²) in [5.74, 6) is -6.70. The van der Waals surface area contributed by atoms with Crippen molar-refractivity contribution in [1.29, 1.82) is 0 Å². The zero-order valence-corrected chi connectivity index (χ0v) is 23.4. The average molecular weight is 637 g/mol. The number of carboxylic acid groups (broad SMARTS) is 4. The first kappa shape index (κ1) is 31.9. The highest BCUT2D eigenvalue weighted by Crippen LogP contribution is 2.26. The van der Waals surface area contributed by atoms with Crippen LogP contribution in [0.2, 0.25) is 0 Å². The normalized spacial score (nSPS) is 10.9. The second kappa shape index (κ2) is 13.1. The van der Waals surface area contributed by atoms with Crippen LogP contribution < -0.4 is 9.62 Å². The number of hydrogen-bond acceptors (Lipinski definition) is 10. The Bertz CT molecular complexity index is 1930. The summed E-state index contributed by atoms with van der Waals surface area (Å²) in [7, 11) is -4.08. The molecule has 4 aromatic carbocycles. The van der Waals surface area contributed by atoms with Crippen LogP contribution in [0.4, 0.5) is 0 Å². The van der Waals surface area contributed by atoms with Crippen LogP contribution in [-0.4, -0.2) is 58.7 Å². The Morgan fingerprint density at radius 1 is 0.556 bits per heavy atom. The molecule has 0 fully saturated rings. The Balaban J connectivity index is 1.43. The summed E-state index contributed by atoms with van der Waals surface area (Å²) in [6.45, 7) is -0.428. The van der Waals surface area contributed by atoms with Gasteiger partial charge in [-0.25, -0.2) is 32.4 Å². The van der Waals surface area contributed by atoms with E-state index in [-0.39, 0.29) is 43.5 Å². The Labute approximate surface area is 253 Å². The van der Waals surface area contributed by atoms with Crippen LogP contribution in [0.25, 0.3) is 0 Å². The van der Waals surface area contributed by atoms with Gasteiger partial charge in [-0.2, -0.15) is 4.89 Å². The number of carbonyl (C=O) groups is 5. The average Bonchev–Trinajstić information content (AvgIpc) is 3.01. The lowest BCUT2D eigenvalue weighted by molar-refractivity contribution is -0.217. The molecule has 14 nitrogen and oxygen atoms in total. The summed E-state index contributed by atoms with van der Waals surface area (Å²) in [6.07, 6.45) is 0. The van der Waals surface area contributed by atoms with E-state index >= 15 is 0 Å². The monoisotopic (exact) mass is 636 g/mol. The van der Waals surface area contributed by atoms with Crippen molar-refractivity contribution in [2.24, 2.45) is 0 Å². The first-order valence-electron chi connectivity index (χ1n) is 12.4. The van der Waals surface area contributed by atoms with Crippen molar-refractivity contribution in [3.05, 3.63) is 118 Å². The molecule has 4 aromatic rings. The van der Waals surface area contributed by atoms with E-state index in [0.717, 1.165) is 60.7 Å². The molecule has 0 aromatic heterocycles. The largest absolute Gasteiger partial charge is 0.478 e. The van der Waals surface area contributed by atoms with Crippen molar-refractivity contribution in [3.8, 4) is 11.5 Å². The van der Waals surface area contributed by atoms with Gasteiger partial charge in [-0.15, -0.1) is 0 Å². The molecule has 15 heteroatoms. The molecule has 0 unspecified atom stereocenters. The zero-order valence-electron chi connectivity index (χ0n) is 22.6. The maximum Gasteiger partial charge on any atom is 0.344 e. The third-order valence-corrected chi connectivity index (χ3v) is 7.93. The minimum absolute atomic E-state index is 0.0341. The second-order valence-electron chi connectivity index (χ2n) is 9.03. The van der Waals surface area contributed by atoms with Crippen LogP contribution in [-0.2, 0) is 21.3 Å². The fourth-order valence-corrected chi connectivity index (χ4v) is 5.17. The van der Waals surface area contributed by atoms with E-state index in [4.69, 9.17) is 24.7 Å². The molecule has 0 aliphatic rings. The minimum Gasteiger partial charge on any atom is -0.478 e. The smallest absolute Gasteiger partial charge is 0.344 e. The fraction of sp³-hybridized carbons (Fsp3) is 0.0333. The molecule has 4 N–H and O–H groups in total. The lowest BCUT2D eigenvalue weighted by atomic mass is 10.0. The van der Waals surface area contributed by atoms with Gasteiger partial charge in [0.05, 0.1) is 37.6 Å². The SMILES string of the molecule is O=C(O)c1ccc(C(=O)O)c(COOc2ccc(S(=O)(=O)c3ccc(OC(=O)c4cc(C(=O)O)ccc4C(=O)O)cc3)cc2)c1. The number of rotatable bonds is 12. The highest BCUT2D eigenvalue weighted by molar-refractivity contribution is 7.91. The third-order valence-electron chi connectivity index (χ3n) is 6.15. The summed E-state index contributed by atoms with van der Waals surface area (Å²) >= 11 is 0. The van der Waals surface area contributed by atoms with Gasteiger partial charge in [0.15, 0.2) is 5.75 Å². The quantitative estimate of drug-likeness (QED) is 0.0745. The molecule has 0 aliphatic carbocycles. The number of carbonyl (C=O) groups excluding carboxylic acids is 1. The molecule has 0 atom stereocenters. The molecule has 0 aliphatic heterocycles. The fourth-order valence-electron chi connectivity index (χ4n) is 3.91. The standard InChI is InChI=1S/C30H20O14S/c31-26(32)16-1-11-23(28(35)36)18(13-16)15-42-44-20-5-9-22(10-6-20)45(40,41)21-7-3-19(4-8-21)43-30(39)25-14-17(27(33)34)2-12-24(25)29(37)38/h1-14H,15H2,(H,31,32)(H,33,34)(H,35,36)(H,37,38). The highest BCUT2D eigenvalue weighted by Gasteiger charge is 2.22. The number of sulfone groups is 1. The highest BCUT2D eigenvalue weighted by atomic mass is 32.2. The van der Waals surface area contributed by atoms with E-state index in [1.54, 1.807) is 0 Å². The topological polar surface area (TPSA) is 228 Å². The minimum atomic E-state index is -4.08. The van der Waals surface area contributed by atoms with E-state index in [2.05, 4.69) is 0 Å². The van der Waals surface area contributed by atoms with Crippen molar-refractivity contribution in [3.63, 3.8) is 0 Å². The maximum atomic E-state index is 13.1. The molecule has 0 bridgehead atoms. The van der Waals surface area contributed by atoms with Gasteiger partial charge in [-0.05, 0) is 90.5 Å². The predicted octanol–water partition coefficient (Wildman–Crippen LogP) is 4.04. The van der Waals surface area contributed by atoms with Crippen LogP contribution >= 0.6 is 0 Å². The molecular formula is C30H20O14S. The molecule has 0 radical (unpaired) electrons. The summed E-state index contributed by atoms with van der Waals surface area (Å²) < 4.78 is 31.3. The predicted molar refractivity (Wildman–Crippen MR) is 149 cm³/mol. The van der Waals surface area contributed by atoms with Crippen LogP contribution in [0, 0.1) is 0 Å². The van der Waals surface area contributed by atoms with E-state index < -0.39 is 57.4 Å². The van der Waals surface area contributed by atoms with Crippen LogP contribution in [0.1, 0.15) is 57.4 Å². The van der Waals surface area contributed by atoms with E-state index in [0.29, 0.717) is 0 Å². The van der Waals surface area contributed by atoms with Gasteiger partial charge in [0.1, 0.15) is 12.4 Å². The van der Waals surface area contributed by atoms with Gasteiger partial charge in [0.25, 0.3) is 0 Å². The third kappa shape index (κ3) is 7.30. The lowest BCUT2D eigenvalue weighted by Crippen LogP contribution is -2.15. The van der Waals surface area contributed by atoms with Crippen molar-refractivity contribution in [1.82, 2.24) is 0 Å². The number of esters is 1. The molecular weight excluding hydrogens is 616 g/mol. The van der Waals surface area contributed by atoms with Crippen molar-refractivity contribution in [2.75, 3.05) is 0 Å². The van der Waals surface area contributed by atoms with E-state index in [9.17, 15) is 42.6 Å². The molecule has 0 saturated heterocycles. The summed E-state index contributed by atoms with van der Waals surface area (Å²) in [4.78, 5) is 67.8. The van der Waals surface area contributed by atoms with Gasteiger partial charge in [-0.1, -0.05) is 0 Å². The molecule has 0 spiro atoms. The van der Waals surface area contributed by atoms with Crippen LogP contribution in [0.15, 0.2) is 94.7 Å². The Hall–Kier alpha value is -6.06. The van der Waals surface area contributed by atoms with E-state index in [1.807, 2.05) is 0 Å². The number of aromatic carboxylic acids is 4. The van der Waals surface area contributed by atoms with Crippen LogP contribution in [0.5, 0.6) is 11.5 Å². The lowest BCUT2D eigenvalue weighted by Gasteiger charge is -2.10. The Morgan fingerprint density at radius 3 is 1.56 bits per heavy atom. The Morgan fingerprint density at radius 2 is 1.04 bits per heavy atom. The summed E-state index contributed by atoms with van der Waals surface area (Å²) in [5.41, 5.74) is -1.65. The van der Waals surface area contributed by atoms with E-state index in [1.165, 1.54) is 24.3 Å². The van der Waals surface area contributed by atoms with Crippen molar-refractivity contribution >= 4 is 39.7 Å². The summed E-state index contributed by atoms with van der Waals surface area (Å²) in [5, 5.41) is 36.9. The Kier molecular flexibility index (Phi) is 9.25. The second-order valence-corrected chi connectivity index (χ2v) is 11.0. The van der Waals surface area contributed by atoms with Gasteiger partial charge in [0, 0.05) is 0 Å². The van der Waals surface area contributed by atoms with Gasteiger partial charge >= 0.3 is 29.8 Å². The molecule has 45 heavy (non-hydrogen) atoms. The summed E-state index contributed by atoms with van der Waals surface area (Å²) in [6, 6.07) is 15.7. The maximum absolute atomic E-state index is 13.1. The first-order valence-corrected chi connectivity index (χ1v) is 13.9.